The molecule has 0 saturated carbocycles. The van der Waals surface area contributed by atoms with Crippen LogP contribution in [0.5, 0.6) is 5.75 Å². The van der Waals surface area contributed by atoms with Gasteiger partial charge >= 0.3 is 11.9 Å². The summed E-state index contributed by atoms with van der Waals surface area (Å²) in [7, 11) is 0. The smallest absolute Gasteiger partial charge is 0.330 e. The van der Waals surface area contributed by atoms with Crippen molar-refractivity contribution >= 4 is 71.3 Å². The lowest BCUT2D eigenvalue weighted by Crippen LogP contribution is -2.27. The average molecular weight is 719 g/mol. The summed E-state index contributed by atoms with van der Waals surface area (Å²) in [5.74, 6) is 0.210. The molecule has 2 heterocycles. The Bertz CT molecular complexity index is 1700. The summed E-state index contributed by atoms with van der Waals surface area (Å²) >= 11 is 2.93. The predicted molar refractivity (Wildman–Crippen MR) is 202 cm³/mol. The fraction of sp³-hybridized carbons (Fsp3) is 0.432. The lowest BCUT2D eigenvalue weighted by Gasteiger charge is -2.23. The Kier molecular flexibility index (Phi) is 16.0. The number of likely N-dealkylation sites (N-methyl/N-ethyl adjacent to an activating group) is 1. The van der Waals surface area contributed by atoms with Gasteiger partial charge in [-0.15, -0.1) is 20.5 Å². The first-order chi connectivity index (χ1) is 24.3. The van der Waals surface area contributed by atoms with Gasteiger partial charge in [-0.3, -0.25) is 4.79 Å². The number of aryl methyl sites for hydroxylation is 1. The van der Waals surface area contributed by atoms with E-state index < -0.39 is 0 Å². The fourth-order valence-electron chi connectivity index (χ4n) is 5.02. The minimum Gasteiger partial charge on any atom is -0.494 e. The number of aromatic nitrogens is 1. The van der Waals surface area contributed by atoms with Gasteiger partial charge in [0.1, 0.15) is 22.2 Å². The molecule has 50 heavy (non-hydrogen) atoms. The van der Waals surface area contributed by atoms with Crippen molar-refractivity contribution in [1.29, 1.82) is 0 Å². The number of esters is 2. The molecule has 0 fully saturated rings. The normalized spacial score (nSPS) is 11.4. The topological polar surface area (TPSA) is 127 Å². The van der Waals surface area contributed by atoms with Crippen LogP contribution in [-0.4, -0.2) is 49.8 Å². The van der Waals surface area contributed by atoms with E-state index in [2.05, 4.69) is 49.9 Å². The minimum atomic E-state index is -0.344. The molecular formula is C37H46N6O5S2. The number of carbonyl (C=O) groups excluding carboxylic acids is 2. The molecule has 0 amide bonds. The SMILES string of the molecule is C=CC(=O)OCCCCCCCCCCOc1ccc(N=Nc2cc3sc(N=Nc4ccc(N(CC)CCOC(C)=O)cc4C)nc3s2)cc1. The lowest BCUT2D eigenvalue weighted by molar-refractivity contribution is -0.140. The van der Waals surface area contributed by atoms with E-state index >= 15 is 0 Å². The maximum Gasteiger partial charge on any atom is 0.330 e. The van der Waals surface area contributed by atoms with Gasteiger partial charge in [-0.1, -0.05) is 67.8 Å². The van der Waals surface area contributed by atoms with Gasteiger partial charge < -0.3 is 19.1 Å². The van der Waals surface area contributed by atoms with Crippen LogP contribution in [-0.2, 0) is 19.1 Å². The Morgan fingerprint density at radius 2 is 1.56 bits per heavy atom. The Labute approximate surface area is 302 Å². The third-order valence-corrected chi connectivity index (χ3v) is 9.65. The van der Waals surface area contributed by atoms with Crippen molar-refractivity contribution in [3.05, 3.63) is 66.7 Å². The number of fused-ring (bicyclic) bond motifs is 1. The molecule has 0 bridgehead atoms. The monoisotopic (exact) mass is 718 g/mol. The number of rotatable bonds is 22. The van der Waals surface area contributed by atoms with Gasteiger partial charge in [0, 0.05) is 25.2 Å². The number of ether oxygens (including phenoxy) is 3. The molecule has 266 valence electrons. The zero-order valence-corrected chi connectivity index (χ0v) is 30.8. The lowest BCUT2D eigenvalue weighted by atomic mass is 10.1. The number of nitrogens with zero attached hydrogens (tertiary/aromatic N) is 6. The van der Waals surface area contributed by atoms with Gasteiger partial charge in [-0.25, -0.2) is 9.78 Å². The van der Waals surface area contributed by atoms with Crippen molar-refractivity contribution in [3.8, 4) is 5.75 Å². The Morgan fingerprint density at radius 3 is 2.22 bits per heavy atom. The summed E-state index contributed by atoms with van der Waals surface area (Å²) in [6.07, 6.45) is 10.2. The van der Waals surface area contributed by atoms with Crippen LogP contribution in [0.2, 0.25) is 0 Å². The Hall–Kier alpha value is -4.49. The van der Waals surface area contributed by atoms with E-state index in [-0.39, 0.29) is 11.9 Å². The van der Waals surface area contributed by atoms with Crippen LogP contribution in [0.4, 0.5) is 27.2 Å². The second-order valence-electron chi connectivity index (χ2n) is 11.6. The van der Waals surface area contributed by atoms with Gasteiger partial charge in [-0.2, -0.15) is 0 Å². The summed E-state index contributed by atoms with van der Waals surface area (Å²) in [5.41, 5.74) is 3.57. The molecule has 0 spiro atoms. The molecule has 0 radical (unpaired) electrons. The zero-order valence-electron chi connectivity index (χ0n) is 29.1. The summed E-state index contributed by atoms with van der Waals surface area (Å²) in [5, 5.41) is 19.0. The van der Waals surface area contributed by atoms with Crippen molar-refractivity contribution in [2.24, 2.45) is 20.5 Å². The highest BCUT2D eigenvalue weighted by molar-refractivity contribution is 7.30. The van der Waals surface area contributed by atoms with Crippen molar-refractivity contribution in [2.75, 3.05) is 37.8 Å². The van der Waals surface area contributed by atoms with Gasteiger partial charge in [0.15, 0.2) is 0 Å². The van der Waals surface area contributed by atoms with E-state index in [4.69, 9.17) is 14.2 Å². The number of carbonyl (C=O) groups is 2. The standard InChI is InChI=1S/C37H46N6O5S2/c1-5-35(45)48-23-14-12-10-8-7-9-11-13-22-47-31-18-15-29(16-19-31)39-41-34-26-33-36(50-34)38-37(49-33)42-40-32-20-17-30(25-27(32)3)43(6-2)21-24-46-28(4)44/h5,15-20,25-26H,1,6-14,21-24H2,2-4H3. The third-order valence-electron chi connectivity index (χ3n) is 7.72. The Balaban J connectivity index is 1.15. The van der Waals surface area contributed by atoms with Crippen LogP contribution >= 0.6 is 22.7 Å². The summed E-state index contributed by atoms with van der Waals surface area (Å²) in [6.45, 7) is 11.8. The molecule has 0 saturated heterocycles. The van der Waals surface area contributed by atoms with E-state index in [1.165, 1.54) is 61.4 Å². The van der Waals surface area contributed by atoms with Crippen molar-refractivity contribution in [2.45, 2.75) is 72.1 Å². The number of hydrogen-bond acceptors (Lipinski definition) is 13. The first-order valence-electron chi connectivity index (χ1n) is 17.1. The molecule has 11 nitrogen and oxygen atoms in total. The van der Waals surface area contributed by atoms with E-state index in [1.54, 1.807) is 0 Å². The molecule has 2 aromatic carbocycles. The van der Waals surface area contributed by atoms with Crippen LogP contribution in [0.1, 0.15) is 70.8 Å². The van der Waals surface area contributed by atoms with Crippen LogP contribution in [0.25, 0.3) is 9.53 Å². The Morgan fingerprint density at radius 1 is 0.840 bits per heavy atom. The molecule has 0 atom stereocenters. The van der Waals surface area contributed by atoms with Crippen LogP contribution < -0.4 is 9.64 Å². The quantitative estimate of drug-likeness (QED) is 0.0342. The number of unbranched alkanes of at least 4 members (excludes halogenated alkanes) is 7. The van der Waals surface area contributed by atoms with Crippen molar-refractivity contribution < 1.29 is 23.8 Å². The average Bonchev–Trinajstić information content (AvgIpc) is 3.68. The largest absolute Gasteiger partial charge is 0.494 e. The second kappa shape index (κ2) is 20.9. The molecule has 4 rings (SSSR count). The van der Waals surface area contributed by atoms with Crippen molar-refractivity contribution in [3.63, 3.8) is 0 Å². The number of benzene rings is 2. The molecule has 0 N–H and O–H groups in total. The van der Waals surface area contributed by atoms with Crippen LogP contribution in [0.15, 0.2) is 81.6 Å². The second-order valence-corrected chi connectivity index (χ2v) is 13.6. The summed E-state index contributed by atoms with van der Waals surface area (Å²) in [6, 6.07) is 15.6. The third kappa shape index (κ3) is 13.1. The molecule has 13 heteroatoms. The minimum absolute atomic E-state index is 0.273. The van der Waals surface area contributed by atoms with E-state index in [0.29, 0.717) is 31.5 Å². The highest BCUT2D eigenvalue weighted by Gasteiger charge is 2.10. The van der Waals surface area contributed by atoms with E-state index in [0.717, 1.165) is 75.1 Å². The fourth-order valence-corrected chi connectivity index (χ4v) is 6.87. The maximum atomic E-state index is 11.1. The molecule has 4 aromatic rings. The first-order valence-corrected chi connectivity index (χ1v) is 18.7. The number of anilines is 1. The zero-order chi connectivity index (χ0) is 35.6. The van der Waals surface area contributed by atoms with E-state index in [9.17, 15) is 9.59 Å². The van der Waals surface area contributed by atoms with Gasteiger partial charge in [0.05, 0.1) is 35.8 Å². The van der Waals surface area contributed by atoms with Crippen LogP contribution in [0.3, 0.4) is 0 Å². The number of hydrogen-bond donors (Lipinski definition) is 0. The molecule has 0 aliphatic carbocycles. The van der Waals surface area contributed by atoms with E-state index in [1.807, 2.05) is 49.4 Å². The van der Waals surface area contributed by atoms with Crippen LogP contribution in [0, 0.1) is 6.92 Å². The molecule has 0 aliphatic heterocycles. The van der Waals surface area contributed by atoms with Gasteiger partial charge in [0.2, 0.25) is 5.13 Å². The van der Waals surface area contributed by atoms with Gasteiger partial charge in [0.25, 0.3) is 0 Å². The number of azo groups is 2. The highest BCUT2D eigenvalue weighted by Crippen LogP contribution is 2.39. The van der Waals surface area contributed by atoms with Crippen molar-refractivity contribution in [1.82, 2.24) is 4.98 Å². The first kappa shape index (κ1) is 38.3. The summed E-state index contributed by atoms with van der Waals surface area (Å²) < 4.78 is 17.0. The predicted octanol–water partition coefficient (Wildman–Crippen LogP) is 11.1. The maximum absolute atomic E-state index is 11.1. The highest BCUT2D eigenvalue weighted by atomic mass is 32.1. The summed E-state index contributed by atoms with van der Waals surface area (Å²) in [4.78, 5) is 29.7. The van der Waals surface area contributed by atoms with Gasteiger partial charge in [-0.05, 0) is 80.8 Å². The molecular weight excluding hydrogens is 673 g/mol. The molecule has 2 aromatic heterocycles. The number of thiazole rings is 1. The number of thiophene rings is 1. The molecule has 0 unspecified atom stereocenters. The molecule has 0 aliphatic rings.